The van der Waals surface area contributed by atoms with Gasteiger partial charge in [-0.1, -0.05) is 45.9 Å². The highest BCUT2D eigenvalue weighted by molar-refractivity contribution is 6.69. The van der Waals surface area contributed by atoms with Crippen molar-refractivity contribution in [2.75, 3.05) is 6.61 Å². The Morgan fingerprint density at radius 3 is 2.29 bits per heavy atom. The molecule has 1 aromatic carbocycles. The van der Waals surface area contributed by atoms with Crippen molar-refractivity contribution in [3.63, 3.8) is 0 Å². The van der Waals surface area contributed by atoms with E-state index < -0.39 is 66.5 Å². The van der Waals surface area contributed by atoms with Gasteiger partial charge in [-0.05, 0) is 62.0 Å². The predicted octanol–water partition coefficient (Wildman–Crippen LogP) is 5.25. The highest BCUT2D eigenvalue weighted by Crippen LogP contribution is 2.65. The van der Waals surface area contributed by atoms with Crippen molar-refractivity contribution in [2.24, 2.45) is 22.7 Å². The quantitative estimate of drug-likeness (QED) is 0.362. The maximum Gasteiger partial charge on any atom is 0.338 e. The van der Waals surface area contributed by atoms with Gasteiger partial charge in [0.2, 0.25) is 0 Å². The van der Waals surface area contributed by atoms with Gasteiger partial charge in [0.05, 0.1) is 18.3 Å². The minimum Gasteiger partial charge on any atom is -0.455 e. The molecule has 1 N–H and O–H groups in total. The molecule has 1 aliphatic heterocycles. The lowest BCUT2D eigenvalue weighted by molar-refractivity contribution is -0.343. The Morgan fingerprint density at radius 1 is 1.10 bits per heavy atom. The van der Waals surface area contributed by atoms with Crippen molar-refractivity contribution in [1.82, 2.24) is 0 Å². The van der Waals surface area contributed by atoms with Crippen molar-refractivity contribution in [2.45, 2.75) is 110 Å². The second-order valence-corrected chi connectivity index (χ2v) is 19.3. The second-order valence-electron chi connectivity index (χ2n) is 14.8. The van der Waals surface area contributed by atoms with Gasteiger partial charge in [-0.2, -0.15) is 0 Å². The number of esters is 2. The Bertz CT molecular complexity index is 1310. The maximum absolute atomic E-state index is 14.5. The van der Waals surface area contributed by atoms with E-state index in [1.807, 2.05) is 33.8 Å². The molecule has 4 aliphatic rings. The van der Waals surface area contributed by atoms with Crippen LogP contribution in [0.15, 0.2) is 41.5 Å². The van der Waals surface area contributed by atoms with Crippen LogP contribution in [0.1, 0.15) is 71.2 Å². The van der Waals surface area contributed by atoms with Gasteiger partial charge in [-0.25, -0.2) is 4.79 Å². The molecular formula is C33H46O8Si. The molecule has 2 bridgehead atoms. The zero-order chi connectivity index (χ0) is 31.0. The summed E-state index contributed by atoms with van der Waals surface area (Å²) in [5.41, 5.74) is -3.06. The Morgan fingerprint density at radius 2 is 1.74 bits per heavy atom. The van der Waals surface area contributed by atoms with Gasteiger partial charge in [0.15, 0.2) is 19.7 Å². The van der Waals surface area contributed by atoms with Crippen LogP contribution in [0.2, 0.25) is 19.6 Å². The summed E-state index contributed by atoms with van der Waals surface area (Å²) in [5.74, 6) is -1.89. The summed E-state index contributed by atoms with van der Waals surface area (Å²) >= 11 is 0. The molecule has 2 unspecified atom stereocenters. The first-order valence-electron chi connectivity index (χ1n) is 15.1. The maximum atomic E-state index is 14.5. The molecule has 0 aromatic heterocycles. The van der Waals surface area contributed by atoms with Crippen LogP contribution < -0.4 is 0 Å². The third-order valence-electron chi connectivity index (χ3n) is 10.7. The zero-order valence-electron chi connectivity index (χ0n) is 26.4. The zero-order valence-corrected chi connectivity index (χ0v) is 27.4. The lowest BCUT2D eigenvalue weighted by atomic mass is 9.44. The molecule has 3 aliphatic carbocycles. The summed E-state index contributed by atoms with van der Waals surface area (Å²) in [6, 6.07) is 8.70. The Balaban J connectivity index is 1.78. The number of carbonyl (C=O) groups is 3. The number of ether oxygens (including phenoxy) is 3. The molecule has 1 saturated heterocycles. The highest BCUT2D eigenvalue weighted by atomic mass is 28.4. The van der Waals surface area contributed by atoms with Crippen LogP contribution in [-0.2, 0) is 28.2 Å². The minimum atomic E-state index is -2.14. The molecule has 3 fully saturated rings. The lowest BCUT2D eigenvalue weighted by Gasteiger charge is -2.68. The molecule has 8 nitrogen and oxygen atoms in total. The number of benzene rings is 1. The molecule has 0 amide bonds. The van der Waals surface area contributed by atoms with E-state index in [0.29, 0.717) is 17.6 Å². The van der Waals surface area contributed by atoms with Crippen molar-refractivity contribution in [3.8, 4) is 0 Å². The fourth-order valence-corrected chi connectivity index (χ4v) is 9.60. The van der Waals surface area contributed by atoms with Gasteiger partial charge in [-0.3, -0.25) is 9.59 Å². The predicted molar refractivity (Wildman–Crippen MR) is 159 cm³/mol. The van der Waals surface area contributed by atoms with Gasteiger partial charge < -0.3 is 23.7 Å². The van der Waals surface area contributed by atoms with E-state index in [2.05, 4.69) is 26.6 Å². The summed E-state index contributed by atoms with van der Waals surface area (Å²) in [7, 11) is -2.14. The smallest absolute Gasteiger partial charge is 0.338 e. The molecule has 0 spiro atoms. The van der Waals surface area contributed by atoms with E-state index in [-0.39, 0.29) is 31.1 Å². The standard InChI is InChI=1S/C33H46O8Si/c1-19-15-25-32(18-38-25,40-21(3)34)27-28(39-29(36)22-13-11-10-12-14-22)33(37)17-24(41-42(7,8)9)20(2)26(30(33,4)5)23(35)16-31(19,27)6/h10-14,19,24-25,27-28,37H,15-18H2,1-9H3/t19-,24-,25+,27?,28?,31+,32-,33+/m0/s1. The Hall–Kier alpha value is -2.33. The monoisotopic (exact) mass is 598 g/mol. The van der Waals surface area contributed by atoms with Crippen LogP contribution in [0.5, 0.6) is 0 Å². The summed E-state index contributed by atoms with van der Waals surface area (Å²) in [5, 5.41) is 13.2. The molecule has 0 radical (unpaired) electrons. The first-order valence-corrected chi connectivity index (χ1v) is 18.5. The molecule has 9 heteroatoms. The third kappa shape index (κ3) is 4.62. The van der Waals surface area contributed by atoms with Gasteiger partial charge in [0.25, 0.3) is 0 Å². The second kappa shape index (κ2) is 10.1. The number of carbonyl (C=O) groups excluding carboxylic acids is 3. The highest BCUT2D eigenvalue weighted by Gasteiger charge is 2.75. The van der Waals surface area contributed by atoms with Crippen molar-refractivity contribution in [1.29, 1.82) is 0 Å². The number of aliphatic hydroxyl groups is 1. The number of fused-ring (bicyclic) bond motifs is 5. The van der Waals surface area contributed by atoms with Crippen molar-refractivity contribution >= 4 is 26.0 Å². The number of hydrogen-bond donors (Lipinski definition) is 1. The Labute approximate surface area is 250 Å². The number of hydrogen-bond acceptors (Lipinski definition) is 8. The van der Waals surface area contributed by atoms with Crippen LogP contribution >= 0.6 is 0 Å². The Kier molecular flexibility index (Phi) is 7.49. The largest absolute Gasteiger partial charge is 0.455 e. The van der Waals surface area contributed by atoms with Crippen LogP contribution in [0, 0.1) is 22.7 Å². The van der Waals surface area contributed by atoms with Crippen LogP contribution in [0.25, 0.3) is 0 Å². The molecule has 1 aromatic rings. The van der Waals surface area contributed by atoms with E-state index >= 15 is 0 Å². The van der Waals surface area contributed by atoms with Crippen molar-refractivity contribution < 1.29 is 38.1 Å². The summed E-state index contributed by atoms with van der Waals surface area (Å²) in [6.07, 6.45) is -1.25. The molecule has 42 heavy (non-hydrogen) atoms. The average Bonchev–Trinajstić information content (AvgIpc) is 2.86. The number of ketones is 1. The van der Waals surface area contributed by atoms with Crippen LogP contribution in [-0.4, -0.2) is 67.3 Å². The first kappa shape index (κ1) is 31.1. The summed E-state index contributed by atoms with van der Waals surface area (Å²) in [4.78, 5) is 41.0. The molecule has 2 saturated carbocycles. The number of rotatable bonds is 5. The summed E-state index contributed by atoms with van der Waals surface area (Å²) in [6.45, 7) is 17.4. The topological polar surface area (TPSA) is 108 Å². The van der Waals surface area contributed by atoms with Crippen LogP contribution in [0.4, 0.5) is 0 Å². The molecule has 1 heterocycles. The van der Waals surface area contributed by atoms with Gasteiger partial charge in [0, 0.05) is 36.7 Å². The van der Waals surface area contributed by atoms with E-state index in [9.17, 15) is 19.5 Å². The van der Waals surface area contributed by atoms with Crippen LogP contribution in [0.3, 0.4) is 0 Å². The fourth-order valence-electron chi connectivity index (χ4n) is 8.48. The third-order valence-corrected chi connectivity index (χ3v) is 11.7. The molecule has 5 rings (SSSR count). The van der Waals surface area contributed by atoms with Crippen molar-refractivity contribution in [3.05, 3.63) is 47.0 Å². The molecule has 8 atom stereocenters. The minimum absolute atomic E-state index is 0.0522. The van der Waals surface area contributed by atoms with E-state index in [1.165, 1.54) is 6.92 Å². The SMILES string of the molecule is CC(=O)O[C@@]12CO[C@@H]1C[C@H](C)[C@@]1(C)CC(=O)C3=C(C)[C@@H](O[Si](C)(C)C)C[C@@](O)(C(OC(=O)c4ccccc4)C12)C3(C)C. The van der Waals surface area contributed by atoms with E-state index in [0.717, 1.165) is 5.57 Å². The average molecular weight is 599 g/mol. The molecular weight excluding hydrogens is 552 g/mol. The van der Waals surface area contributed by atoms with E-state index in [1.54, 1.807) is 24.3 Å². The van der Waals surface area contributed by atoms with Gasteiger partial charge in [-0.15, -0.1) is 0 Å². The first-order chi connectivity index (χ1) is 19.4. The summed E-state index contributed by atoms with van der Waals surface area (Å²) < 4.78 is 25.3. The van der Waals surface area contributed by atoms with Gasteiger partial charge in [0.1, 0.15) is 17.8 Å². The molecule has 230 valence electrons. The number of Topliss-reactive ketones (excluding diaryl/α,β-unsaturated/α-hetero) is 1. The van der Waals surface area contributed by atoms with E-state index in [4.69, 9.17) is 18.6 Å². The lowest BCUT2D eigenvalue weighted by Crippen LogP contribution is -2.79. The normalized spacial score (nSPS) is 39.2. The van der Waals surface area contributed by atoms with Gasteiger partial charge >= 0.3 is 11.9 Å². The fraction of sp³-hybridized carbons (Fsp3) is 0.667.